The number of anilines is 1. The third-order valence-electron chi connectivity index (χ3n) is 6.22. The zero-order valence-corrected chi connectivity index (χ0v) is 19.5. The van der Waals surface area contributed by atoms with Crippen LogP contribution in [0.2, 0.25) is 0 Å². The maximum absolute atomic E-state index is 13.2. The van der Waals surface area contributed by atoms with E-state index in [1.54, 1.807) is 0 Å². The lowest BCUT2D eigenvalue weighted by Crippen LogP contribution is -2.31. The number of Topliss-reactive ketones (excluding diaryl/α,β-unsaturated/α-hetero) is 1. The predicted octanol–water partition coefficient (Wildman–Crippen LogP) is 5.34. The van der Waals surface area contributed by atoms with Crippen molar-refractivity contribution >= 4 is 17.5 Å². The van der Waals surface area contributed by atoms with Gasteiger partial charge in [-0.05, 0) is 54.8 Å². The summed E-state index contributed by atoms with van der Waals surface area (Å²) >= 11 is 0. The van der Waals surface area contributed by atoms with Crippen LogP contribution >= 0.6 is 0 Å². The van der Waals surface area contributed by atoms with Crippen molar-refractivity contribution in [2.45, 2.75) is 26.9 Å². The number of carbonyl (C=O) groups is 1. The molecule has 33 heavy (non-hydrogen) atoms. The largest absolute Gasteiger partial charge is 0.478 e. The van der Waals surface area contributed by atoms with Crippen LogP contribution in [0.4, 0.5) is 5.69 Å². The van der Waals surface area contributed by atoms with Gasteiger partial charge in [-0.1, -0.05) is 42.0 Å². The minimum atomic E-state index is -0.0716. The summed E-state index contributed by atoms with van der Waals surface area (Å²) in [6.45, 7) is 5.98. The van der Waals surface area contributed by atoms with Crippen molar-refractivity contribution in [3.05, 3.63) is 93.7 Å². The lowest BCUT2D eigenvalue weighted by molar-refractivity contribution is 0.0872. The molecule has 0 unspecified atom stereocenters. The Bertz CT molecular complexity index is 1240. The van der Waals surface area contributed by atoms with Crippen LogP contribution in [0, 0.1) is 13.8 Å². The smallest absolute Gasteiger partial charge is 0.232 e. The van der Waals surface area contributed by atoms with E-state index < -0.39 is 0 Å². The van der Waals surface area contributed by atoms with Gasteiger partial charge in [0.15, 0.2) is 5.76 Å². The van der Waals surface area contributed by atoms with Crippen LogP contribution in [0.15, 0.2) is 60.4 Å². The number of allylic oxidation sites excluding steroid dienone is 1. The first-order valence-electron chi connectivity index (χ1n) is 11.2. The van der Waals surface area contributed by atoms with Gasteiger partial charge in [0, 0.05) is 32.9 Å². The summed E-state index contributed by atoms with van der Waals surface area (Å²) in [6, 6.07) is 18.6. The molecule has 5 rings (SSSR count). The molecule has 0 atom stereocenters. The highest BCUT2D eigenvalue weighted by molar-refractivity contribution is 6.15. The fraction of sp³-hybridized carbons (Fsp3) is 0.250. The first kappa shape index (κ1) is 21.3. The molecule has 0 N–H and O–H groups in total. The van der Waals surface area contributed by atoms with Gasteiger partial charge < -0.3 is 14.4 Å². The summed E-state index contributed by atoms with van der Waals surface area (Å²) < 4.78 is 12.3. The molecule has 2 heterocycles. The first-order chi connectivity index (χ1) is 15.9. The number of carbonyl (C=O) groups excluding carboxylic acids is 1. The van der Waals surface area contributed by atoms with Crippen molar-refractivity contribution in [3.63, 3.8) is 0 Å². The van der Waals surface area contributed by atoms with Crippen LogP contribution in [-0.4, -0.2) is 31.5 Å². The van der Waals surface area contributed by atoms with E-state index in [-0.39, 0.29) is 5.78 Å². The summed E-state index contributed by atoms with van der Waals surface area (Å²) in [5.41, 5.74) is 6.98. The molecule has 2 aliphatic heterocycles. The second-order valence-corrected chi connectivity index (χ2v) is 9.05. The van der Waals surface area contributed by atoms with Crippen molar-refractivity contribution in [1.29, 1.82) is 0 Å². The summed E-state index contributed by atoms with van der Waals surface area (Å²) in [6.07, 6.45) is 1.82. The Kier molecular flexibility index (Phi) is 5.43. The van der Waals surface area contributed by atoms with E-state index in [9.17, 15) is 4.79 Å². The molecule has 3 aromatic rings. The number of benzene rings is 3. The van der Waals surface area contributed by atoms with Gasteiger partial charge >= 0.3 is 0 Å². The number of rotatable bonds is 4. The second-order valence-electron chi connectivity index (χ2n) is 9.05. The van der Waals surface area contributed by atoms with Crippen LogP contribution in [-0.2, 0) is 13.1 Å². The SMILES string of the molecule is Cc1ccc(CN2COc3cc(C)c4c(c3C2)O/C(=C\c2ccc(N(C)C)cc2)C4=O)cc1. The highest BCUT2D eigenvalue weighted by Crippen LogP contribution is 2.44. The maximum atomic E-state index is 13.2. The average Bonchev–Trinajstić information content (AvgIpc) is 3.13. The Balaban J connectivity index is 1.42. The van der Waals surface area contributed by atoms with E-state index in [2.05, 4.69) is 36.1 Å². The van der Waals surface area contributed by atoms with E-state index in [0.717, 1.165) is 34.7 Å². The third kappa shape index (κ3) is 4.12. The molecule has 2 aliphatic rings. The number of hydrogen-bond acceptors (Lipinski definition) is 5. The summed E-state index contributed by atoms with van der Waals surface area (Å²) in [4.78, 5) is 17.5. The van der Waals surface area contributed by atoms with Gasteiger partial charge in [0.05, 0.1) is 11.1 Å². The lowest BCUT2D eigenvalue weighted by atomic mass is 9.98. The minimum Gasteiger partial charge on any atom is -0.478 e. The fourth-order valence-corrected chi connectivity index (χ4v) is 4.35. The average molecular weight is 441 g/mol. The van der Waals surface area contributed by atoms with Crippen LogP contribution in [0.5, 0.6) is 11.5 Å². The van der Waals surface area contributed by atoms with E-state index in [1.807, 2.05) is 62.3 Å². The Morgan fingerprint density at radius 2 is 1.76 bits per heavy atom. The normalized spacial score (nSPS) is 16.2. The van der Waals surface area contributed by atoms with Gasteiger partial charge in [0.1, 0.15) is 18.2 Å². The number of fused-ring (bicyclic) bond motifs is 3. The number of hydrogen-bond donors (Lipinski definition) is 0. The predicted molar refractivity (Wildman–Crippen MR) is 131 cm³/mol. The van der Waals surface area contributed by atoms with E-state index in [4.69, 9.17) is 9.47 Å². The molecule has 0 spiro atoms. The Morgan fingerprint density at radius 1 is 1.03 bits per heavy atom. The molecular formula is C28H28N2O3. The molecule has 0 fully saturated rings. The second kappa shape index (κ2) is 8.41. The van der Waals surface area contributed by atoms with Crippen molar-refractivity contribution in [2.24, 2.45) is 0 Å². The topological polar surface area (TPSA) is 42.0 Å². The van der Waals surface area contributed by atoms with Gasteiger partial charge in [0.2, 0.25) is 5.78 Å². The third-order valence-corrected chi connectivity index (χ3v) is 6.22. The number of ether oxygens (including phenoxy) is 2. The Labute approximate surface area is 194 Å². The van der Waals surface area contributed by atoms with Gasteiger partial charge in [-0.3, -0.25) is 9.69 Å². The molecule has 5 heteroatoms. The molecule has 3 aromatic carbocycles. The molecule has 0 radical (unpaired) electrons. The summed E-state index contributed by atoms with van der Waals surface area (Å²) in [5.74, 6) is 1.72. The molecule has 0 saturated carbocycles. The monoisotopic (exact) mass is 440 g/mol. The zero-order chi connectivity index (χ0) is 23.1. The Hall–Kier alpha value is -3.57. The number of nitrogens with zero attached hydrogens (tertiary/aromatic N) is 2. The van der Waals surface area contributed by atoms with E-state index in [0.29, 0.717) is 30.3 Å². The number of aryl methyl sites for hydroxylation is 2. The summed E-state index contributed by atoms with van der Waals surface area (Å²) in [5, 5.41) is 0. The molecule has 0 bridgehead atoms. The molecular weight excluding hydrogens is 412 g/mol. The summed E-state index contributed by atoms with van der Waals surface area (Å²) in [7, 11) is 4.01. The quantitative estimate of drug-likeness (QED) is 0.513. The van der Waals surface area contributed by atoms with Gasteiger partial charge in [-0.2, -0.15) is 0 Å². The van der Waals surface area contributed by atoms with E-state index >= 15 is 0 Å². The number of ketones is 1. The molecule has 0 aliphatic carbocycles. The highest BCUT2D eigenvalue weighted by Gasteiger charge is 2.35. The van der Waals surface area contributed by atoms with Gasteiger partial charge in [-0.25, -0.2) is 0 Å². The van der Waals surface area contributed by atoms with Gasteiger partial charge in [0.25, 0.3) is 0 Å². The lowest BCUT2D eigenvalue weighted by Gasteiger charge is -2.30. The molecule has 0 aromatic heterocycles. The van der Waals surface area contributed by atoms with Crippen molar-refractivity contribution < 1.29 is 14.3 Å². The van der Waals surface area contributed by atoms with E-state index in [1.165, 1.54) is 11.1 Å². The van der Waals surface area contributed by atoms with Crippen molar-refractivity contribution in [3.8, 4) is 11.5 Å². The van der Waals surface area contributed by atoms with Crippen molar-refractivity contribution in [2.75, 3.05) is 25.7 Å². The van der Waals surface area contributed by atoms with Crippen LogP contribution in [0.25, 0.3) is 6.08 Å². The maximum Gasteiger partial charge on any atom is 0.232 e. The zero-order valence-electron chi connectivity index (χ0n) is 19.5. The van der Waals surface area contributed by atoms with Crippen molar-refractivity contribution in [1.82, 2.24) is 4.90 Å². The molecule has 0 amide bonds. The standard InChI is InChI=1S/C28H28N2O3/c1-18-5-7-21(8-6-18)15-30-16-23-24(32-17-30)13-19(2)26-27(31)25(33-28(23)26)14-20-9-11-22(12-10-20)29(3)4/h5-14H,15-17H2,1-4H3/b25-14-. The first-order valence-corrected chi connectivity index (χ1v) is 11.2. The molecule has 0 saturated heterocycles. The minimum absolute atomic E-state index is 0.0716. The van der Waals surface area contributed by atoms with Crippen LogP contribution in [0.3, 0.4) is 0 Å². The van der Waals surface area contributed by atoms with Crippen LogP contribution < -0.4 is 14.4 Å². The fourth-order valence-electron chi connectivity index (χ4n) is 4.35. The molecule has 168 valence electrons. The Morgan fingerprint density at radius 3 is 2.45 bits per heavy atom. The highest BCUT2D eigenvalue weighted by atomic mass is 16.5. The molecule has 5 nitrogen and oxygen atoms in total. The van der Waals surface area contributed by atoms with Crippen LogP contribution in [0.1, 0.15) is 38.2 Å². The van der Waals surface area contributed by atoms with Gasteiger partial charge in [-0.15, -0.1) is 0 Å².